The van der Waals surface area contributed by atoms with E-state index in [1.165, 1.54) is 6.42 Å². The van der Waals surface area contributed by atoms with Crippen LogP contribution >= 0.6 is 24.0 Å². The number of rotatable bonds is 7. The maximum Gasteiger partial charge on any atom is 0.218 e. The van der Waals surface area contributed by atoms with Gasteiger partial charge in [0.05, 0.1) is 13.2 Å². The zero-order valence-corrected chi connectivity index (χ0v) is 18.1. The standard InChI is InChI=1S/C18H30N4O2.HI/c1-5-19-17(22-10-8-18(2,3)14-22)21-13-15-7-6-9-20-16(15)24-12-11-23-4;/h6-7,9H,5,8,10-14H2,1-4H3,(H,19,21);1H. The van der Waals surface area contributed by atoms with Crippen LogP contribution in [0.25, 0.3) is 0 Å². The van der Waals surface area contributed by atoms with Crippen LogP contribution in [0.1, 0.15) is 32.8 Å². The average molecular weight is 462 g/mol. The van der Waals surface area contributed by atoms with Crippen molar-refractivity contribution in [2.45, 2.75) is 33.7 Å². The quantitative estimate of drug-likeness (QED) is 0.292. The minimum Gasteiger partial charge on any atom is -0.475 e. The Bertz CT molecular complexity index is 552. The normalized spacial score (nSPS) is 16.5. The molecule has 1 saturated heterocycles. The van der Waals surface area contributed by atoms with Gasteiger partial charge < -0.3 is 19.7 Å². The molecule has 1 aromatic heterocycles. The van der Waals surface area contributed by atoms with E-state index in [4.69, 9.17) is 14.5 Å². The summed E-state index contributed by atoms with van der Waals surface area (Å²) in [5.41, 5.74) is 1.33. The van der Waals surface area contributed by atoms with E-state index in [1.807, 2.05) is 12.1 Å². The van der Waals surface area contributed by atoms with E-state index in [0.29, 0.717) is 31.1 Å². The van der Waals surface area contributed by atoms with Crippen LogP contribution in [0.2, 0.25) is 0 Å². The summed E-state index contributed by atoms with van der Waals surface area (Å²) >= 11 is 0. The van der Waals surface area contributed by atoms with Crippen molar-refractivity contribution in [3.8, 4) is 5.88 Å². The lowest BCUT2D eigenvalue weighted by atomic mass is 9.93. The van der Waals surface area contributed by atoms with Gasteiger partial charge in [0.15, 0.2) is 5.96 Å². The summed E-state index contributed by atoms with van der Waals surface area (Å²) in [6.07, 6.45) is 2.93. The molecule has 2 heterocycles. The molecule has 2 rings (SSSR count). The molecule has 0 bridgehead atoms. The number of halogens is 1. The van der Waals surface area contributed by atoms with E-state index in [1.54, 1.807) is 13.3 Å². The summed E-state index contributed by atoms with van der Waals surface area (Å²) in [5, 5.41) is 3.40. The Morgan fingerprint density at radius 2 is 2.20 bits per heavy atom. The second kappa shape index (κ2) is 10.8. The first-order valence-electron chi connectivity index (χ1n) is 8.64. The Morgan fingerprint density at radius 1 is 1.40 bits per heavy atom. The smallest absolute Gasteiger partial charge is 0.218 e. The summed E-state index contributed by atoms with van der Waals surface area (Å²) in [6, 6.07) is 3.93. The number of aromatic nitrogens is 1. The van der Waals surface area contributed by atoms with Crippen LogP contribution in [0.5, 0.6) is 5.88 Å². The highest BCUT2D eigenvalue weighted by molar-refractivity contribution is 14.0. The minimum atomic E-state index is 0. The fraction of sp³-hybridized carbons (Fsp3) is 0.667. The number of hydrogen-bond acceptors (Lipinski definition) is 4. The van der Waals surface area contributed by atoms with Crippen molar-refractivity contribution in [2.75, 3.05) is 40.0 Å². The predicted octanol–water partition coefficient (Wildman–Crippen LogP) is 2.92. The molecule has 142 valence electrons. The van der Waals surface area contributed by atoms with Crippen molar-refractivity contribution in [2.24, 2.45) is 10.4 Å². The number of likely N-dealkylation sites (tertiary alicyclic amines) is 1. The zero-order valence-electron chi connectivity index (χ0n) is 15.7. The maximum absolute atomic E-state index is 5.69. The molecule has 25 heavy (non-hydrogen) atoms. The Hall–Kier alpha value is -1.09. The van der Waals surface area contributed by atoms with Crippen LogP contribution in [0.4, 0.5) is 0 Å². The molecular formula is C18H31IN4O2. The second-order valence-corrected chi connectivity index (χ2v) is 6.81. The molecule has 0 amide bonds. The first-order valence-corrected chi connectivity index (χ1v) is 8.64. The van der Waals surface area contributed by atoms with E-state index in [2.05, 4.69) is 36.0 Å². The lowest BCUT2D eigenvalue weighted by Gasteiger charge is -2.23. The van der Waals surface area contributed by atoms with Gasteiger partial charge in [0, 0.05) is 38.5 Å². The number of aliphatic imine (C=N–C) groups is 1. The number of guanidine groups is 1. The number of nitrogens with zero attached hydrogens (tertiary/aromatic N) is 3. The number of methoxy groups -OCH3 is 1. The van der Waals surface area contributed by atoms with Gasteiger partial charge in [0.1, 0.15) is 6.61 Å². The third kappa shape index (κ3) is 6.97. The largest absolute Gasteiger partial charge is 0.475 e. The van der Waals surface area contributed by atoms with Gasteiger partial charge in [0.2, 0.25) is 5.88 Å². The van der Waals surface area contributed by atoms with E-state index in [9.17, 15) is 0 Å². The van der Waals surface area contributed by atoms with Crippen molar-refractivity contribution < 1.29 is 9.47 Å². The van der Waals surface area contributed by atoms with Gasteiger partial charge in [-0.05, 0) is 24.8 Å². The number of ether oxygens (including phenoxy) is 2. The van der Waals surface area contributed by atoms with Crippen LogP contribution in [0.15, 0.2) is 23.3 Å². The van der Waals surface area contributed by atoms with Crippen molar-refractivity contribution in [1.29, 1.82) is 0 Å². The number of hydrogen-bond donors (Lipinski definition) is 1. The van der Waals surface area contributed by atoms with E-state index < -0.39 is 0 Å². The van der Waals surface area contributed by atoms with Crippen molar-refractivity contribution in [3.05, 3.63) is 23.9 Å². The van der Waals surface area contributed by atoms with Gasteiger partial charge in [0.25, 0.3) is 0 Å². The molecule has 1 aliphatic heterocycles. The average Bonchev–Trinajstić information content (AvgIpc) is 2.92. The van der Waals surface area contributed by atoms with Crippen molar-refractivity contribution >= 4 is 29.9 Å². The third-order valence-corrected chi connectivity index (χ3v) is 4.09. The zero-order chi connectivity index (χ0) is 17.4. The van der Waals surface area contributed by atoms with Crippen LogP contribution < -0.4 is 10.1 Å². The molecule has 1 fully saturated rings. The maximum atomic E-state index is 5.69. The van der Waals surface area contributed by atoms with Crippen LogP contribution in [-0.4, -0.2) is 55.8 Å². The predicted molar refractivity (Wildman–Crippen MR) is 112 cm³/mol. The second-order valence-electron chi connectivity index (χ2n) is 6.81. The first kappa shape index (κ1) is 22.0. The van der Waals surface area contributed by atoms with Gasteiger partial charge in [-0.2, -0.15) is 0 Å². The molecule has 0 spiro atoms. The molecule has 0 unspecified atom stereocenters. The summed E-state index contributed by atoms with van der Waals surface area (Å²) < 4.78 is 10.7. The van der Waals surface area contributed by atoms with Crippen LogP contribution in [0.3, 0.4) is 0 Å². The topological polar surface area (TPSA) is 59.0 Å². The molecule has 1 aromatic rings. The van der Waals surface area contributed by atoms with Crippen LogP contribution in [-0.2, 0) is 11.3 Å². The Balaban J connectivity index is 0.00000312. The van der Waals surface area contributed by atoms with E-state index in [-0.39, 0.29) is 24.0 Å². The Morgan fingerprint density at radius 3 is 2.84 bits per heavy atom. The van der Waals surface area contributed by atoms with E-state index in [0.717, 1.165) is 31.2 Å². The molecular weight excluding hydrogens is 431 g/mol. The van der Waals surface area contributed by atoms with Crippen LogP contribution in [0, 0.1) is 5.41 Å². The Kier molecular flexibility index (Phi) is 9.48. The van der Waals surface area contributed by atoms with Gasteiger partial charge in [-0.15, -0.1) is 24.0 Å². The third-order valence-electron chi connectivity index (χ3n) is 4.09. The summed E-state index contributed by atoms with van der Waals surface area (Å²) in [5.74, 6) is 1.60. The molecule has 1 N–H and O–H groups in total. The lowest BCUT2D eigenvalue weighted by Crippen LogP contribution is -2.40. The van der Waals surface area contributed by atoms with Gasteiger partial charge in [-0.25, -0.2) is 9.98 Å². The summed E-state index contributed by atoms with van der Waals surface area (Å²) in [6.45, 7) is 11.2. The lowest BCUT2D eigenvalue weighted by molar-refractivity contribution is 0.143. The van der Waals surface area contributed by atoms with Gasteiger partial charge in [-0.1, -0.05) is 19.9 Å². The molecule has 0 aromatic carbocycles. The minimum absolute atomic E-state index is 0. The number of pyridine rings is 1. The summed E-state index contributed by atoms with van der Waals surface area (Å²) in [7, 11) is 1.66. The molecule has 0 saturated carbocycles. The van der Waals surface area contributed by atoms with Gasteiger partial charge in [-0.3, -0.25) is 0 Å². The molecule has 0 radical (unpaired) electrons. The Labute approximate surface area is 168 Å². The highest BCUT2D eigenvalue weighted by Gasteiger charge is 2.30. The number of nitrogens with one attached hydrogen (secondary N) is 1. The highest BCUT2D eigenvalue weighted by atomic mass is 127. The molecule has 7 heteroatoms. The van der Waals surface area contributed by atoms with E-state index >= 15 is 0 Å². The molecule has 6 nitrogen and oxygen atoms in total. The molecule has 1 aliphatic rings. The van der Waals surface area contributed by atoms with Crippen molar-refractivity contribution in [1.82, 2.24) is 15.2 Å². The monoisotopic (exact) mass is 462 g/mol. The first-order chi connectivity index (χ1) is 11.6. The fourth-order valence-electron chi connectivity index (χ4n) is 2.78. The molecule has 0 atom stereocenters. The molecule has 0 aliphatic carbocycles. The van der Waals surface area contributed by atoms with Gasteiger partial charge >= 0.3 is 0 Å². The fourth-order valence-corrected chi connectivity index (χ4v) is 2.78. The SMILES string of the molecule is CCNC(=NCc1cccnc1OCCOC)N1CCC(C)(C)C1.I. The highest BCUT2D eigenvalue weighted by Crippen LogP contribution is 2.28. The van der Waals surface area contributed by atoms with Crippen molar-refractivity contribution in [3.63, 3.8) is 0 Å². The summed E-state index contributed by atoms with van der Waals surface area (Å²) in [4.78, 5) is 11.5.